The van der Waals surface area contributed by atoms with Crippen molar-refractivity contribution in [1.29, 1.82) is 0 Å². The summed E-state index contributed by atoms with van der Waals surface area (Å²) < 4.78 is 29.2. The molecule has 21 heavy (non-hydrogen) atoms. The maximum Gasteiger partial charge on any atom is 0.241 e. The fourth-order valence-electron chi connectivity index (χ4n) is 2.04. The van der Waals surface area contributed by atoms with Gasteiger partial charge in [0.25, 0.3) is 0 Å². The molecule has 0 saturated carbocycles. The fraction of sp³-hybridized carbons (Fsp3) is 0.357. The van der Waals surface area contributed by atoms with Gasteiger partial charge in [0.05, 0.1) is 18.0 Å². The Morgan fingerprint density at radius 2 is 2.14 bits per heavy atom. The van der Waals surface area contributed by atoms with Crippen molar-refractivity contribution < 1.29 is 13.5 Å². The number of aliphatic hydroxyl groups excluding tert-OH is 1. The molecule has 0 aliphatic carbocycles. The van der Waals surface area contributed by atoms with E-state index in [2.05, 4.69) is 9.71 Å². The van der Waals surface area contributed by atoms with Crippen LogP contribution >= 0.6 is 0 Å². The van der Waals surface area contributed by atoms with E-state index in [1.807, 2.05) is 6.92 Å². The molecule has 0 aliphatic rings. The van der Waals surface area contributed by atoms with Crippen molar-refractivity contribution in [3.05, 3.63) is 47.5 Å². The molecule has 1 aromatic heterocycles. The number of aliphatic hydroxyl groups is 1. The lowest BCUT2D eigenvalue weighted by atomic mass is 10.1. The van der Waals surface area contributed by atoms with Crippen LogP contribution in [-0.2, 0) is 36.6 Å². The smallest absolute Gasteiger partial charge is 0.241 e. The Balaban J connectivity index is 2.28. The summed E-state index contributed by atoms with van der Waals surface area (Å²) >= 11 is 0. The van der Waals surface area contributed by atoms with Gasteiger partial charge in [-0.2, -0.15) is 0 Å². The number of nitrogens with zero attached hydrogens (tertiary/aromatic N) is 2. The number of aromatic nitrogens is 2. The first-order valence-corrected chi connectivity index (χ1v) is 8.14. The Morgan fingerprint density at radius 3 is 2.71 bits per heavy atom. The van der Waals surface area contributed by atoms with E-state index in [4.69, 9.17) is 0 Å². The topological polar surface area (TPSA) is 84.2 Å². The molecule has 114 valence electrons. The van der Waals surface area contributed by atoms with Gasteiger partial charge in [0.2, 0.25) is 10.0 Å². The molecule has 2 rings (SSSR count). The molecule has 0 radical (unpaired) electrons. The number of hydrogen-bond donors (Lipinski definition) is 2. The predicted octanol–water partition coefficient (Wildman–Crippen LogP) is 0.953. The number of rotatable bonds is 6. The van der Waals surface area contributed by atoms with Crippen LogP contribution in [0, 0.1) is 0 Å². The molecule has 0 unspecified atom stereocenters. The molecule has 0 fully saturated rings. The van der Waals surface area contributed by atoms with Crippen LogP contribution in [0.4, 0.5) is 0 Å². The molecular formula is C14H19N3O3S. The minimum absolute atomic E-state index is 0.123. The molecule has 0 saturated heterocycles. The maximum absolute atomic E-state index is 12.5. The lowest BCUT2D eigenvalue weighted by molar-refractivity contribution is 0.281. The molecule has 7 heteroatoms. The molecule has 0 atom stereocenters. The first-order valence-electron chi connectivity index (χ1n) is 6.66. The van der Waals surface area contributed by atoms with Crippen LogP contribution in [-0.4, -0.2) is 23.1 Å². The molecule has 1 heterocycles. The SMILES string of the molecule is CCc1ccc(CO)cc1S(=O)(=O)NCc1nccn1C. The van der Waals surface area contributed by atoms with Gasteiger partial charge in [0.1, 0.15) is 5.82 Å². The molecule has 0 amide bonds. The first-order chi connectivity index (χ1) is 9.97. The summed E-state index contributed by atoms with van der Waals surface area (Å²) in [5.41, 5.74) is 1.30. The average molecular weight is 309 g/mol. The van der Waals surface area contributed by atoms with Crippen LogP contribution in [0.1, 0.15) is 23.9 Å². The number of nitrogens with one attached hydrogen (secondary N) is 1. The number of hydrogen-bond acceptors (Lipinski definition) is 4. The highest BCUT2D eigenvalue weighted by atomic mass is 32.2. The van der Waals surface area contributed by atoms with Gasteiger partial charge in [-0.1, -0.05) is 19.1 Å². The second-order valence-corrected chi connectivity index (χ2v) is 6.47. The number of benzene rings is 1. The fourth-order valence-corrected chi connectivity index (χ4v) is 3.38. The van der Waals surface area contributed by atoms with Crippen molar-refractivity contribution in [3.8, 4) is 0 Å². The Labute approximate surface area is 124 Å². The third-order valence-electron chi connectivity index (χ3n) is 3.33. The van der Waals surface area contributed by atoms with E-state index in [9.17, 15) is 13.5 Å². The van der Waals surface area contributed by atoms with E-state index < -0.39 is 10.0 Å². The number of imidazole rings is 1. The van der Waals surface area contributed by atoms with E-state index in [0.29, 0.717) is 17.8 Å². The van der Waals surface area contributed by atoms with Gasteiger partial charge in [-0.15, -0.1) is 0 Å². The van der Waals surface area contributed by atoms with E-state index in [0.717, 1.165) is 5.56 Å². The van der Waals surface area contributed by atoms with Gasteiger partial charge in [-0.05, 0) is 23.6 Å². The summed E-state index contributed by atoms with van der Waals surface area (Å²) in [4.78, 5) is 4.30. The maximum atomic E-state index is 12.5. The lowest BCUT2D eigenvalue weighted by Crippen LogP contribution is -2.25. The van der Waals surface area contributed by atoms with Crippen LogP contribution in [0.25, 0.3) is 0 Å². The summed E-state index contributed by atoms with van der Waals surface area (Å²) in [6.07, 6.45) is 3.98. The van der Waals surface area contributed by atoms with Crippen LogP contribution in [0.3, 0.4) is 0 Å². The average Bonchev–Trinajstić information content (AvgIpc) is 2.90. The minimum atomic E-state index is -3.64. The molecular weight excluding hydrogens is 290 g/mol. The van der Waals surface area contributed by atoms with Gasteiger partial charge in [0.15, 0.2) is 0 Å². The van der Waals surface area contributed by atoms with Crippen LogP contribution in [0.5, 0.6) is 0 Å². The largest absolute Gasteiger partial charge is 0.392 e. The Hall–Kier alpha value is -1.70. The van der Waals surface area contributed by atoms with Gasteiger partial charge in [0, 0.05) is 19.4 Å². The predicted molar refractivity (Wildman–Crippen MR) is 79.0 cm³/mol. The minimum Gasteiger partial charge on any atom is -0.392 e. The van der Waals surface area contributed by atoms with Crippen molar-refractivity contribution in [2.75, 3.05) is 0 Å². The molecule has 0 bridgehead atoms. The summed E-state index contributed by atoms with van der Waals surface area (Å²) in [5, 5.41) is 9.18. The Morgan fingerprint density at radius 1 is 1.38 bits per heavy atom. The van der Waals surface area contributed by atoms with E-state index in [-0.39, 0.29) is 18.0 Å². The molecule has 0 aliphatic heterocycles. The van der Waals surface area contributed by atoms with E-state index in [1.54, 1.807) is 36.1 Å². The zero-order chi connectivity index (χ0) is 15.5. The van der Waals surface area contributed by atoms with Gasteiger partial charge in [-0.3, -0.25) is 0 Å². The van der Waals surface area contributed by atoms with Crippen LogP contribution in [0.15, 0.2) is 35.5 Å². The van der Waals surface area contributed by atoms with E-state index >= 15 is 0 Å². The molecule has 6 nitrogen and oxygen atoms in total. The second kappa shape index (κ2) is 6.38. The first kappa shape index (κ1) is 15.7. The Kier molecular flexibility index (Phi) is 4.76. The monoisotopic (exact) mass is 309 g/mol. The van der Waals surface area contributed by atoms with Crippen molar-refractivity contribution in [2.24, 2.45) is 7.05 Å². The molecule has 1 aromatic carbocycles. The molecule has 2 N–H and O–H groups in total. The van der Waals surface area contributed by atoms with Gasteiger partial charge < -0.3 is 9.67 Å². The van der Waals surface area contributed by atoms with E-state index in [1.165, 1.54) is 6.07 Å². The van der Waals surface area contributed by atoms with Crippen LogP contribution in [0.2, 0.25) is 0 Å². The number of sulfonamides is 1. The van der Waals surface area contributed by atoms with Gasteiger partial charge in [-0.25, -0.2) is 18.1 Å². The third-order valence-corrected chi connectivity index (χ3v) is 4.81. The summed E-state index contributed by atoms with van der Waals surface area (Å²) in [7, 11) is -1.84. The Bertz CT molecular complexity index is 723. The van der Waals surface area contributed by atoms with Crippen molar-refractivity contribution in [1.82, 2.24) is 14.3 Å². The highest BCUT2D eigenvalue weighted by Crippen LogP contribution is 2.19. The molecule has 0 spiro atoms. The van der Waals surface area contributed by atoms with Crippen molar-refractivity contribution in [3.63, 3.8) is 0 Å². The van der Waals surface area contributed by atoms with Crippen molar-refractivity contribution >= 4 is 10.0 Å². The highest BCUT2D eigenvalue weighted by Gasteiger charge is 2.18. The summed E-state index contributed by atoms with van der Waals surface area (Å²) in [6.45, 7) is 1.83. The van der Waals surface area contributed by atoms with Gasteiger partial charge >= 0.3 is 0 Å². The zero-order valence-corrected chi connectivity index (χ0v) is 12.9. The number of aryl methyl sites for hydroxylation is 2. The van der Waals surface area contributed by atoms with Crippen LogP contribution < -0.4 is 4.72 Å². The zero-order valence-electron chi connectivity index (χ0n) is 12.1. The highest BCUT2D eigenvalue weighted by molar-refractivity contribution is 7.89. The normalized spacial score (nSPS) is 11.8. The molecule has 2 aromatic rings. The summed E-state index contributed by atoms with van der Waals surface area (Å²) in [6, 6.07) is 4.98. The summed E-state index contributed by atoms with van der Waals surface area (Å²) in [5.74, 6) is 0.634. The van der Waals surface area contributed by atoms with Crippen molar-refractivity contribution in [2.45, 2.75) is 31.4 Å². The third kappa shape index (κ3) is 3.49. The standard InChI is InChI=1S/C14H19N3O3S/c1-3-12-5-4-11(10-18)8-13(12)21(19,20)16-9-14-15-6-7-17(14)2/h4-8,16,18H,3,9-10H2,1-2H3. The quantitative estimate of drug-likeness (QED) is 0.832. The second-order valence-electron chi connectivity index (χ2n) is 4.73. The lowest BCUT2D eigenvalue weighted by Gasteiger charge is -2.12.